The molecule has 2 N–H and O–H groups in total. The van der Waals surface area contributed by atoms with Crippen LogP contribution in [0, 0.1) is 0 Å². The van der Waals surface area contributed by atoms with E-state index in [4.69, 9.17) is 14.9 Å². The lowest BCUT2D eigenvalue weighted by Crippen LogP contribution is -2.03. The predicted octanol–water partition coefficient (Wildman–Crippen LogP) is 1.59. The Morgan fingerprint density at radius 1 is 1.44 bits per heavy atom. The van der Waals surface area contributed by atoms with E-state index in [1.165, 1.54) is 0 Å². The highest BCUT2D eigenvalue weighted by Crippen LogP contribution is 2.18. The van der Waals surface area contributed by atoms with Crippen molar-refractivity contribution in [2.75, 3.05) is 6.61 Å². The van der Waals surface area contributed by atoms with Crippen LogP contribution in [0.2, 0.25) is 0 Å². The number of hydrogen-bond donors (Lipinski definition) is 2. The topological polar surface area (TPSA) is 66.8 Å². The van der Waals surface area contributed by atoms with Crippen molar-refractivity contribution >= 4 is 5.97 Å². The van der Waals surface area contributed by atoms with Gasteiger partial charge in [0, 0.05) is 11.6 Å². The predicted molar refractivity (Wildman–Crippen MR) is 59.3 cm³/mol. The summed E-state index contributed by atoms with van der Waals surface area (Å²) in [7, 11) is 0. The molecule has 0 unspecified atom stereocenters. The Kier molecular flexibility index (Phi) is 4.54. The van der Waals surface area contributed by atoms with E-state index in [1.54, 1.807) is 31.2 Å². The molecule has 4 heteroatoms. The molecular formula is C12H14O4. The standard InChI is InChI=1S/C12H14O4/c1-9(6-12(14)15)8-16-11-5-3-2-4-10(11)7-13/h2-6,13H,7-8H2,1H3,(H,14,15). The van der Waals surface area contributed by atoms with Gasteiger partial charge in [0.25, 0.3) is 0 Å². The molecule has 0 aliphatic heterocycles. The average molecular weight is 222 g/mol. The molecule has 0 aliphatic carbocycles. The number of ether oxygens (including phenoxy) is 1. The van der Waals surface area contributed by atoms with Gasteiger partial charge in [0.1, 0.15) is 12.4 Å². The van der Waals surface area contributed by atoms with Crippen LogP contribution in [0.4, 0.5) is 0 Å². The molecule has 0 atom stereocenters. The molecule has 0 bridgehead atoms. The quantitative estimate of drug-likeness (QED) is 0.742. The van der Waals surface area contributed by atoms with E-state index in [1.807, 2.05) is 0 Å². The highest BCUT2D eigenvalue weighted by molar-refractivity contribution is 5.80. The van der Waals surface area contributed by atoms with Crippen LogP contribution in [0.3, 0.4) is 0 Å². The summed E-state index contributed by atoms with van der Waals surface area (Å²) < 4.78 is 5.40. The van der Waals surface area contributed by atoms with Crippen molar-refractivity contribution < 1.29 is 19.7 Å². The van der Waals surface area contributed by atoms with E-state index in [2.05, 4.69) is 0 Å². The van der Waals surface area contributed by atoms with E-state index >= 15 is 0 Å². The van der Waals surface area contributed by atoms with Gasteiger partial charge >= 0.3 is 5.97 Å². The van der Waals surface area contributed by atoms with Crippen molar-refractivity contribution in [1.29, 1.82) is 0 Å². The van der Waals surface area contributed by atoms with Gasteiger partial charge in [-0.3, -0.25) is 0 Å². The zero-order valence-electron chi connectivity index (χ0n) is 9.01. The molecule has 0 saturated carbocycles. The summed E-state index contributed by atoms with van der Waals surface area (Å²) in [5, 5.41) is 17.6. The van der Waals surface area contributed by atoms with Crippen molar-refractivity contribution in [3.8, 4) is 5.75 Å². The third kappa shape index (κ3) is 3.74. The number of carbonyl (C=O) groups is 1. The number of rotatable bonds is 5. The van der Waals surface area contributed by atoms with Crippen LogP contribution in [-0.2, 0) is 11.4 Å². The van der Waals surface area contributed by atoms with Gasteiger partial charge in [0.05, 0.1) is 6.61 Å². The van der Waals surface area contributed by atoms with Crippen LogP contribution in [-0.4, -0.2) is 22.8 Å². The molecule has 16 heavy (non-hydrogen) atoms. The zero-order chi connectivity index (χ0) is 12.0. The Morgan fingerprint density at radius 2 is 2.12 bits per heavy atom. The zero-order valence-corrected chi connectivity index (χ0v) is 9.01. The third-order valence-electron chi connectivity index (χ3n) is 1.97. The number of aliphatic carboxylic acids is 1. The largest absolute Gasteiger partial charge is 0.489 e. The lowest BCUT2D eigenvalue weighted by atomic mass is 10.2. The Labute approximate surface area is 93.8 Å². The number of aliphatic hydroxyl groups excluding tert-OH is 1. The minimum absolute atomic E-state index is 0.0993. The Bertz CT molecular complexity index is 396. The van der Waals surface area contributed by atoms with Crippen molar-refractivity contribution in [3.63, 3.8) is 0 Å². The van der Waals surface area contributed by atoms with Crippen molar-refractivity contribution in [2.45, 2.75) is 13.5 Å². The molecule has 0 radical (unpaired) electrons. The van der Waals surface area contributed by atoms with Crippen LogP contribution in [0.15, 0.2) is 35.9 Å². The maximum atomic E-state index is 10.4. The Morgan fingerprint density at radius 3 is 2.75 bits per heavy atom. The number of hydrogen-bond acceptors (Lipinski definition) is 3. The van der Waals surface area contributed by atoms with E-state index in [0.717, 1.165) is 6.08 Å². The van der Waals surface area contributed by atoms with Crippen LogP contribution < -0.4 is 4.74 Å². The molecule has 86 valence electrons. The third-order valence-corrected chi connectivity index (χ3v) is 1.97. The minimum atomic E-state index is -0.989. The molecular weight excluding hydrogens is 208 g/mol. The first-order valence-corrected chi connectivity index (χ1v) is 4.85. The van der Waals surface area contributed by atoms with Crippen LogP contribution >= 0.6 is 0 Å². The summed E-state index contributed by atoms with van der Waals surface area (Å²) in [6.07, 6.45) is 1.10. The number of carboxylic acids is 1. The first-order chi connectivity index (χ1) is 7.63. The smallest absolute Gasteiger partial charge is 0.328 e. The van der Waals surface area contributed by atoms with E-state index in [-0.39, 0.29) is 13.2 Å². The van der Waals surface area contributed by atoms with Crippen LogP contribution in [0.5, 0.6) is 5.75 Å². The maximum Gasteiger partial charge on any atom is 0.328 e. The molecule has 0 amide bonds. The van der Waals surface area contributed by atoms with E-state index in [0.29, 0.717) is 16.9 Å². The van der Waals surface area contributed by atoms with Crippen molar-refractivity contribution in [3.05, 3.63) is 41.5 Å². The molecule has 0 fully saturated rings. The summed E-state index contributed by atoms with van der Waals surface area (Å²) in [6, 6.07) is 7.09. The molecule has 0 spiro atoms. The fraction of sp³-hybridized carbons (Fsp3) is 0.250. The second-order valence-corrected chi connectivity index (χ2v) is 3.38. The fourth-order valence-electron chi connectivity index (χ4n) is 1.22. The normalized spacial score (nSPS) is 11.2. The number of benzene rings is 1. The molecule has 0 heterocycles. The number of para-hydroxylation sites is 1. The lowest BCUT2D eigenvalue weighted by Gasteiger charge is -2.09. The number of carboxylic acid groups (broad SMARTS) is 1. The van der Waals surface area contributed by atoms with Crippen LogP contribution in [0.1, 0.15) is 12.5 Å². The first-order valence-electron chi connectivity index (χ1n) is 4.85. The first kappa shape index (κ1) is 12.3. The molecule has 0 aliphatic rings. The van der Waals surface area contributed by atoms with Gasteiger partial charge in [-0.15, -0.1) is 0 Å². The van der Waals surface area contributed by atoms with Gasteiger partial charge in [-0.25, -0.2) is 4.79 Å². The lowest BCUT2D eigenvalue weighted by molar-refractivity contribution is -0.131. The van der Waals surface area contributed by atoms with Gasteiger partial charge in [0.2, 0.25) is 0 Å². The van der Waals surface area contributed by atoms with Crippen LogP contribution in [0.25, 0.3) is 0 Å². The minimum Gasteiger partial charge on any atom is -0.489 e. The van der Waals surface area contributed by atoms with Gasteiger partial charge in [0.15, 0.2) is 0 Å². The van der Waals surface area contributed by atoms with Gasteiger partial charge in [-0.05, 0) is 18.6 Å². The highest BCUT2D eigenvalue weighted by Gasteiger charge is 2.02. The average Bonchev–Trinajstić information content (AvgIpc) is 2.26. The summed E-state index contributed by atoms with van der Waals surface area (Å²) >= 11 is 0. The van der Waals surface area contributed by atoms with Gasteiger partial charge in [-0.2, -0.15) is 0 Å². The second-order valence-electron chi connectivity index (χ2n) is 3.38. The highest BCUT2D eigenvalue weighted by atomic mass is 16.5. The van der Waals surface area contributed by atoms with E-state index in [9.17, 15) is 4.79 Å². The molecule has 1 aromatic carbocycles. The fourth-order valence-corrected chi connectivity index (χ4v) is 1.22. The summed E-state index contributed by atoms with van der Waals surface area (Å²) in [5.74, 6) is -0.417. The Hall–Kier alpha value is -1.81. The second kappa shape index (κ2) is 5.92. The molecule has 0 saturated heterocycles. The molecule has 4 nitrogen and oxygen atoms in total. The van der Waals surface area contributed by atoms with E-state index < -0.39 is 5.97 Å². The summed E-state index contributed by atoms with van der Waals surface area (Å²) in [6.45, 7) is 1.77. The summed E-state index contributed by atoms with van der Waals surface area (Å²) in [4.78, 5) is 10.4. The molecule has 1 aromatic rings. The van der Waals surface area contributed by atoms with Crippen molar-refractivity contribution in [2.24, 2.45) is 0 Å². The van der Waals surface area contributed by atoms with Crippen molar-refractivity contribution in [1.82, 2.24) is 0 Å². The maximum absolute atomic E-state index is 10.4. The van der Waals surface area contributed by atoms with Gasteiger partial charge in [-0.1, -0.05) is 18.2 Å². The number of aliphatic hydroxyl groups is 1. The molecule has 0 aromatic heterocycles. The SMILES string of the molecule is CC(=CC(=O)O)COc1ccccc1CO. The monoisotopic (exact) mass is 222 g/mol. The Balaban J connectivity index is 2.64. The summed E-state index contributed by atoms with van der Waals surface area (Å²) in [5.41, 5.74) is 1.30. The molecule has 1 rings (SSSR count). The van der Waals surface area contributed by atoms with Gasteiger partial charge < -0.3 is 14.9 Å².